The van der Waals surface area contributed by atoms with Gasteiger partial charge in [0, 0.05) is 10.6 Å². The molecule has 1 aromatic carbocycles. The van der Waals surface area contributed by atoms with Gasteiger partial charge in [-0.25, -0.2) is 4.68 Å². The van der Waals surface area contributed by atoms with Crippen molar-refractivity contribution in [3.8, 4) is 5.69 Å². The first-order valence-electron chi connectivity index (χ1n) is 5.52. The van der Waals surface area contributed by atoms with Crippen LogP contribution in [0.15, 0.2) is 30.5 Å². The second kappa shape index (κ2) is 5.11. The van der Waals surface area contributed by atoms with Crippen LogP contribution in [-0.2, 0) is 5.88 Å². The SMILES string of the molecule is CC(C)c1c(CCl)cnn1-c1ccc(Cl)cc1. The number of halogens is 2. The van der Waals surface area contributed by atoms with Crippen molar-refractivity contribution in [2.24, 2.45) is 0 Å². The summed E-state index contributed by atoms with van der Waals surface area (Å²) >= 11 is 11.8. The van der Waals surface area contributed by atoms with Crippen molar-refractivity contribution in [1.82, 2.24) is 9.78 Å². The summed E-state index contributed by atoms with van der Waals surface area (Å²) in [5.41, 5.74) is 3.24. The van der Waals surface area contributed by atoms with Crippen LogP contribution in [0.5, 0.6) is 0 Å². The summed E-state index contributed by atoms with van der Waals surface area (Å²) in [6.45, 7) is 4.28. The third-order valence-corrected chi connectivity index (χ3v) is 3.19. The van der Waals surface area contributed by atoms with Gasteiger partial charge in [0.1, 0.15) is 0 Å². The largest absolute Gasteiger partial charge is 0.237 e. The van der Waals surface area contributed by atoms with E-state index in [9.17, 15) is 0 Å². The second-order valence-corrected chi connectivity index (χ2v) is 4.94. The molecular formula is C13H14Cl2N2. The topological polar surface area (TPSA) is 17.8 Å². The molecule has 90 valence electrons. The highest BCUT2D eigenvalue weighted by atomic mass is 35.5. The molecular weight excluding hydrogens is 255 g/mol. The molecule has 1 aromatic heterocycles. The minimum absolute atomic E-state index is 0.377. The van der Waals surface area contributed by atoms with Gasteiger partial charge in [-0.15, -0.1) is 11.6 Å². The van der Waals surface area contributed by atoms with E-state index < -0.39 is 0 Å². The third-order valence-electron chi connectivity index (χ3n) is 2.65. The summed E-state index contributed by atoms with van der Waals surface area (Å²) < 4.78 is 1.93. The summed E-state index contributed by atoms with van der Waals surface area (Å²) in [4.78, 5) is 0. The lowest BCUT2D eigenvalue weighted by Gasteiger charge is -2.12. The Kier molecular flexibility index (Phi) is 3.75. The van der Waals surface area contributed by atoms with Gasteiger partial charge in [0.15, 0.2) is 0 Å². The van der Waals surface area contributed by atoms with E-state index in [2.05, 4.69) is 18.9 Å². The third kappa shape index (κ3) is 2.48. The lowest BCUT2D eigenvalue weighted by atomic mass is 10.1. The molecule has 0 fully saturated rings. The fourth-order valence-electron chi connectivity index (χ4n) is 1.90. The van der Waals surface area contributed by atoms with Crippen LogP contribution in [0.3, 0.4) is 0 Å². The van der Waals surface area contributed by atoms with Crippen molar-refractivity contribution in [2.45, 2.75) is 25.6 Å². The van der Waals surface area contributed by atoms with E-state index in [1.54, 1.807) is 0 Å². The number of hydrogen-bond acceptors (Lipinski definition) is 1. The summed E-state index contributed by atoms with van der Waals surface area (Å²) in [7, 11) is 0. The molecule has 0 unspecified atom stereocenters. The number of benzene rings is 1. The Balaban J connectivity index is 2.51. The normalized spacial score (nSPS) is 11.1. The maximum Gasteiger partial charge on any atom is 0.0650 e. The molecule has 2 nitrogen and oxygen atoms in total. The summed E-state index contributed by atoms with van der Waals surface area (Å²) in [6.07, 6.45) is 1.83. The zero-order chi connectivity index (χ0) is 12.4. The van der Waals surface area contributed by atoms with E-state index in [1.807, 2.05) is 35.1 Å². The fourth-order valence-corrected chi connectivity index (χ4v) is 2.23. The molecule has 0 radical (unpaired) electrons. The lowest BCUT2D eigenvalue weighted by Crippen LogP contribution is -2.05. The van der Waals surface area contributed by atoms with E-state index in [0.717, 1.165) is 22.0 Å². The molecule has 0 saturated heterocycles. The van der Waals surface area contributed by atoms with Crippen LogP contribution in [0.4, 0.5) is 0 Å². The smallest absolute Gasteiger partial charge is 0.0650 e. The molecule has 0 spiro atoms. The highest BCUT2D eigenvalue weighted by Gasteiger charge is 2.14. The molecule has 1 heterocycles. The highest BCUT2D eigenvalue weighted by molar-refractivity contribution is 6.30. The Morgan fingerprint density at radius 2 is 1.88 bits per heavy atom. The molecule has 0 saturated carbocycles. The number of alkyl halides is 1. The first kappa shape index (κ1) is 12.5. The lowest BCUT2D eigenvalue weighted by molar-refractivity contribution is 0.729. The van der Waals surface area contributed by atoms with Crippen molar-refractivity contribution in [3.05, 3.63) is 46.7 Å². The highest BCUT2D eigenvalue weighted by Crippen LogP contribution is 2.24. The van der Waals surface area contributed by atoms with Crippen LogP contribution in [-0.4, -0.2) is 9.78 Å². The monoisotopic (exact) mass is 268 g/mol. The van der Waals surface area contributed by atoms with E-state index in [0.29, 0.717) is 11.8 Å². The second-order valence-electron chi connectivity index (χ2n) is 4.23. The number of aromatic nitrogens is 2. The number of hydrogen-bond donors (Lipinski definition) is 0. The molecule has 17 heavy (non-hydrogen) atoms. The van der Waals surface area contributed by atoms with Crippen molar-refractivity contribution in [1.29, 1.82) is 0 Å². The molecule has 0 atom stereocenters. The van der Waals surface area contributed by atoms with Crippen molar-refractivity contribution >= 4 is 23.2 Å². The molecule has 0 aliphatic rings. The van der Waals surface area contributed by atoms with Crippen molar-refractivity contribution < 1.29 is 0 Å². The summed E-state index contributed by atoms with van der Waals surface area (Å²) in [5, 5.41) is 5.12. The van der Waals surface area contributed by atoms with Crippen LogP contribution < -0.4 is 0 Å². The Hall–Kier alpha value is -0.990. The predicted octanol–water partition coefficient (Wildman–Crippen LogP) is 4.39. The van der Waals surface area contributed by atoms with Crippen LogP contribution in [0.1, 0.15) is 31.0 Å². The van der Waals surface area contributed by atoms with Gasteiger partial charge in [0.2, 0.25) is 0 Å². The average molecular weight is 269 g/mol. The van der Waals surface area contributed by atoms with E-state index in [1.165, 1.54) is 0 Å². The van der Waals surface area contributed by atoms with Gasteiger partial charge in [-0.3, -0.25) is 0 Å². The van der Waals surface area contributed by atoms with Crippen LogP contribution in [0, 0.1) is 0 Å². The Morgan fingerprint density at radius 3 is 2.41 bits per heavy atom. The number of nitrogens with zero attached hydrogens (tertiary/aromatic N) is 2. The van der Waals surface area contributed by atoms with Gasteiger partial charge < -0.3 is 0 Å². The quantitative estimate of drug-likeness (QED) is 0.756. The zero-order valence-corrected chi connectivity index (χ0v) is 11.3. The molecule has 0 amide bonds. The molecule has 2 rings (SSSR count). The van der Waals surface area contributed by atoms with Gasteiger partial charge in [-0.2, -0.15) is 5.10 Å². The standard InChI is InChI=1S/C13H14Cl2N2/c1-9(2)13-10(7-14)8-16-17(13)12-5-3-11(15)4-6-12/h3-6,8-9H,7H2,1-2H3. The van der Waals surface area contributed by atoms with Gasteiger partial charge in [-0.05, 0) is 30.2 Å². The molecule has 0 N–H and O–H groups in total. The minimum atomic E-state index is 0.377. The molecule has 0 aliphatic heterocycles. The Bertz CT molecular complexity index is 501. The number of rotatable bonds is 3. The Labute approximate surface area is 111 Å². The molecule has 0 bridgehead atoms. The van der Waals surface area contributed by atoms with Crippen LogP contribution >= 0.6 is 23.2 Å². The van der Waals surface area contributed by atoms with Crippen molar-refractivity contribution in [2.75, 3.05) is 0 Å². The zero-order valence-electron chi connectivity index (χ0n) is 9.82. The first-order chi connectivity index (χ1) is 8.13. The molecule has 4 heteroatoms. The molecule has 2 aromatic rings. The maximum absolute atomic E-state index is 5.93. The van der Waals surface area contributed by atoms with Crippen LogP contribution in [0.2, 0.25) is 5.02 Å². The average Bonchev–Trinajstić information content (AvgIpc) is 2.73. The maximum atomic E-state index is 5.93. The van der Waals surface area contributed by atoms with E-state index in [-0.39, 0.29) is 0 Å². The van der Waals surface area contributed by atoms with E-state index in [4.69, 9.17) is 23.2 Å². The molecule has 0 aliphatic carbocycles. The van der Waals surface area contributed by atoms with Gasteiger partial charge in [0.25, 0.3) is 0 Å². The predicted molar refractivity (Wildman–Crippen MR) is 72.2 cm³/mol. The van der Waals surface area contributed by atoms with Crippen LogP contribution in [0.25, 0.3) is 5.69 Å². The minimum Gasteiger partial charge on any atom is -0.237 e. The van der Waals surface area contributed by atoms with Gasteiger partial charge in [0.05, 0.1) is 23.5 Å². The van der Waals surface area contributed by atoms with Crippen molar-refractivity contribution in [3.63, 3.8) is 0 Å². The summed E-state index contributed by atoms with van der Waals surface area (Å²) in [6, 6.07) is 7.64. The van der Waals surface area contributed by atoms with Gasteiger partial charge >= 0.3 is 0 Å². The summed E-state index contributed by atoms with van der Waals surface area (Å²) in [5.74, 6) is 0.864. The fraction of sp³-hybridized carbons (Fsp3) is 0.308. The first-order valence-corrected chi connectivity index (χ1v) is 6.43. The van der Waals surface area contributed by atoms with E-state index >= 15 is 0 Å². The Morgan fingerprint density at radius 1 is 1.24 bits per heavy atom. The van der Waals surface area contributed by atoms with Gasteiger partial charge in [-0.1, -0.05) is 25.4 Å².